The van der Waals surface area contributed by atoms with Crippen molar-refractivity contribution in [1.29, 1.82) is 0 Å². The SMILES string of the molecule is Cc1cccc2c1cnc1c(Cl)cc(Cl)cc12. The standard InChI is InChI=1S/C14H9Cl2N/c1-8-3-2-4-10-11-5-9(15)6-13(16)14(11)17-7-12(8)10/h2-7H,1H3. The van der Waals surface area contributed by atoms with E-state index in [2.05, 4.69) is 24.0 Å². The summed E-state index contributed by atoms with van der Waals surface area (Å²) in [5.41, 5.74) is 2.00. The van der Waals surface area contributed by atoms with Gasteiger partial charge in [0.25, 0.3) is 0 Å². The summed E-state index contributed by atoms with van der Waals surface area (Å²) in [5, 5.41) is 4.51. The normalized spacial score (nSPS) is 11.2. The highest BCUT2D eigenvalue weighted by Gasteiger charge is 2.07. The first-order valence-corrected chi connectivity index (χ1v) is 6.05. The number of nitrogens with zero attached hydrogens (tertiary/aromatic N) is 1. The van der Waals surface area contributed by atoms with Gasteiger partial charge in [-0.15, -0.1) is 0 Å². The number of hydrogen-bond acceptors (Lipinski definition) is 1. The van der Waals surface area contributed by atoms with Crippen LogP contribution in [-0.4, -0.2) is 4.98 Å². The van der Waals surface area contributed by atoms with Crippen LogP contribution in [0.3, 0.4) is 0 Å². The first kappa shape index (κ1) is 10.8. The van der Waals surface area contributed by atoms with Gasteiger partial charge in [-0.3, -0.25) is 4.98 Å². The maximum Gasteiger partial charge on any atom is 0.0895 e. The van der Waals surface area contributed by atoms with Crippen molar-refractivity contribution < 1.29 is 0 Å². The van der Waals surface area contributed by atoms with Crippen molar-refractivity contribution >= 4 is 44.9 Å². The maximum atomic E-state index is 6.16. The van der Waals surface area contributed by atoms with Gasteiger partial charge in [-0.05, 0) is 30.0 Å². The van der Waals surface area contributed by atoms with Crippen LogP contribution in [0.15, 0.2) is 36.5 Å². The van der Waals surface area contributed by atoms with Crippen LogP contribution in [0, 0.1) is 6.92 Å². The zero-order valence-corrected chi connectivity index (χ0v) is 10.7. The van der Waals surface area contributed by atoms with Crippen molar-refractivity contribution in [2.24, 2.45) is 0 Å². The molecule has 3 heteroatoms. The summed E-state index contributed by atoms with van der Waals surface area (Å²) < 4.78 is 0. The van der Waals surface area contributed by atoms with Gasteiger partial charge in [0.2, 0.25) is 0 Å². The quantitative estimate of drug-likeness (QED) is 0.519. The fraction of sp³-hybridized carbons (Fsp3) is 0.0714. The van der Waals surface area contributed by atoms with Gasteiger partial charge in [0.05, 0.1) is 10.5 Å². The first-order chi connectivity index (χ1) is 8.16. The molecule has 84 valence electrons. The monoisotopic (exact) mass is 261 g/mol. The van der Waals surface area contributed by atoms with E-state index < -0.39 is 0 Å². The molecule has 0 N–H and O–H groups in total. The summed E-state index contributed by atoms with van der Waals surface area (Å²) >= 11 is 12.2. The minimum atomic E-state index is 0.593. The molecule has 0 atom stereocenters. The molecule has 0 unspecified atom stereocenters. The second-order valence-corrected chi connectivity index (χ2v) is 4.92. The molecule has 0 bridgehead atoms. The van der Waals surface area contributed by atoms with E-state index in [1.165, 1.54) is 5.56 Å². The molecule has 0 saturated heterocycles. The first-order valence-electron chi connectivity index (χ1n) is 5.30. The molecule has 0 fully saturated rings. The van der Waals surface area contributed by atoms with Gasteiger partial charge in [0.1, 0.15) is 0 Å². The van der Waals surface area contributed by atoms with E-state index in [4.69, 9.17) is 23.2 Å². The van der Waals surface area contributed by atoms with Gasteiger partial charge in [0, 0.05) is 22.0 Å². The molecule has 1 aromatic heterocycles. The summed E-state index contributed by atoms with van der Waals surface area (Å²) in [5.74, 6) is 0. The minimum absolute atomic E-state index is 0.593. The lowest BCUT2D eigenvalue weighted by Crippen LogP contribution is -1.85. The van der Waals surface area contributed by atoms with E-state index in [0.29, 0.717) is 10.0 Å². The number of halogens is 2. The maximum absolute atomic E-state index is 6.16. The van der Waals surface area contributed by atoms with Crippen molar-refractivity contribution in [2.45, 2.75) is 6.92 Å². The molecular formula is C14H9Cl2N. The third kappa shape index (κ3) is 1.67. The number of aryl methyl sites for hydroxylation is 1. The van der Waals surface area contributed by atoms with Gasteiger partial charge in [-0.1, -0.05) is 41.4 Å². The second-order valence-electron chi connectivity index (χ2n) is 4.08. The zero-order chi connectivity index (χ0) is 12.0. The predicted molar refractivity (Wildman–Crippen MR) is 74.0 cm³/mol. The van der Waals surface area contributed by atoms with Crippen molar-refractivity contribution in [3.05, 3.63) is 52.1 Å². The highest BCUT2D eigenvalue weighted by atomic mass is 35.5. The van der Waals surface area contributed by atoms with Crippen molar-refractivity contribution in [1.82, 2.24) is 4.98 Å². The van der Waals surface area contributed by atoms with Gasteiger partial charge in [0.15, 0.2) is 0 Å². The van der Waals surface area contributed by atoms with Crippen LogP contribution >= 0.6 is 23.2 Å². The number of fused-ring (bicyclic) bond motifs is 3. The Kier molecular flexibility index (Phi) is 2.46. The summed E-state index contributed by atoms with van der Waals surface area (Å²) in [6, 6.07) is 9.81. The van der Waals surface area contributed by atoms with Gasteiger partial charge in [-0.2, -0.15) is 0 Å². The van der Waals surface area contributed by atoms with E-state index in [-0.39, 0.29) is 0 Å². The molecule has 0 radical (unpaired) electrons. The Bertz CT molecular complexity index is 735. The third-order valence-electron chi connectivity index (χ3n) is 2.97. The fourth-order valence-corrected chi connectivity index (χ4v) is 2.66. The Morgan fingerprint density at radius 1 is 1.00 bits per heavy atom. The Morgan fingerprint density at radius 2 is 1.82 bits per heavy atom. The average molecular weight is 262 g/mol. The van der Waals surface area contributed by atoms with Crippen LogP contribution in [-0.2, 0) is 0 Å². The van der Waals surface area contributed by atoms with E-state index in [0.717, 1.165) is 21.7 Å². The summed E-state index contributed by atoms with van der Waals surface area (Å²) in [4.78, 5) is 4.42. The smallest absolute Gasteiger partial charge is 0.0895 e. The lowest BCUT2D eigenvalue weighted by atomic mass is 10.0. The predicted octanol–water partition coefficient (Wildman–Crippen LogP) is 5.00. The lowest BCUT2D eigenvalue weighted by molar-refractivity contribution is 1.42. The summed E-state index contributed by atoms with van der Waals surface area (Å²) in [6.45, 7) is 2.07. The number of pyridine rings is 1. The minimum Gasteiger partial charge on any atom is -0.254 e. The Hall–Kier alpha value is -1.31. The van der Waals surface area contributed by atoms with Gasteiger partial charge < -0.3 is 0 Å². The summed E-state index contributed by atoms with van der Waals surface area (Å²) in [7, 11) is 0. The van der Waals surface area contributed by atoms with E-state index in [1.807, 2.05) is 18.3 Å². The molecule has 3 rings (SSSR count). The topological polar surface area (TPSA) is 12.9 Å². The van der Waals surface area contributed by atoms with Crippen LogP contribution in [0.2, 0.25) is 10.0 Å². The Labute approximate surface area is 109 Å². The number of rotatable bonds is 0. The third-order valence-corrected chi connectivity index (χ3v) is 3.47. The average Bonchev–Trinajstić information content (AvgIpc) is 2.29. The highest BCUT2D eigenvalue weighted by molar-refractivity contribution is 6.39. The molecular weight excluding hydrogens is 253 g/mol. The molecule has 2 aromatic carbocycles. The molecule has 0 aliphatic carbocycles. The van der Waals surface area contributed by atoms with Crippen molar-refractivity contribution in [2.75, 3.05) is 0 Å². The highest BCUT2D eigenvalue weighted by Crippen LogP contribution is 2.32. The number of hydrogen-bond donors (Lipinski definition) is 0. The summed E-state index contributed by atoms with van der Waals surface area (Å²) in [6.07, 6.45) is 1.87. The molecule has 0 aliphatic heterocycles. The molecule has 1 heterocycles. The molecule has 1 nitrogen and oxygen atoms in total. The molecule has 0 amide bonds. The van der Waals surface area contributed by atoms with Crippen molar-refractivity contribution in [3.63, 3.8) is 0 Å². The molecule has 0 saturated carbocycles. The van der Waals surface area contributed by atoms with E-state index in [9.17, 15) is 0 Å². The van der Waals surface area contributed by atoms with Crippen LogP contribution < -0.4 is 0 Å². The fourth-order valence-electron chi connectivity index (χ4n) is 2.12. The van der Waals surface area contributed by atoms with Crippen LogP contribution in [0.1, 0.15) is 5.56 Å². The Balaban J connectivity index is 2.60. The Morgan fingerprint density at radius 3 is 2.65 bits per heavy atom. The van der Waals surface area contributed by atoms with Crippen molar-refractivity contribution in [3.8, 4) is 0 Å². The zero-order valence-electron chi connectivity index (χ0n) is 9.17. The number of aromatic nitrogens is 1. The molecule has 3 aromatic rings. The molecule has 0 spiro atoms. The second kappa shape index (κ2) is 3.86. The van der Waals surface area contributed by atoms with E-state index >= 15 is 0 Å². The lowest BCUT2D eigenvalue weighted by Gasteiger charge is -2.07. The van der Waals surface area contributed by atoms with Gasteiger partial charge in [-0.25, -0.2) is 0 Å². The van der Waals surface area contributed by atoms with E-state index in [1.54, 1.807) is 6.07 Å². The number of benzene rings is 2. The van der Waals surface area contributed by atoms with Crippen LogP contribution in [0.4, 0.5) is 0 Å². The largest absolute Gasteiger partial charge is 0.254 e. The van der Waals surface area contributed by atoms with Crippen LogP contribution in [0.25, 0.3) is 21.7 Å². The van der Waals surface area contributed by atoms with Crippen LogP contribution in [0.5, 0.6) is 0 Å². The molecule has 17 heavy (non-hydrogen) atoms. The molecule has 0 aliphatic rings. The van der Waals surface area contributed by atoms with Gasteiger partial charge >= 0.3 is 0 Å².